The Balaban J connectivity index is 1.40. The number of fused-ring (bicyclic) bond motifs is 1. The summed E-state index contributed by atoms with van der Waals surface area (Å²) in [6, 6.07) is 11.4. The number of likely N-dealkylation sites (tertiary alicyclic amines) is 1. The Hall–Kier alpha value is -1.39. The molecule has 5 fully saturated rings. The van der Waals surface area contributed by atoms with Crippen molar-refractivity contribution in [1.29, 1.82) is 0 Å². The summed E-state index contributed by atoms with van der Waals surface area (Å²) in [5.74, 6) is 3.34. The predicted octanol–water partition coefficient (Wildman–Crippen LogP) is 3.86. The molecular formula is C27H41N3O. The molecule has 2 aliphatic carbocycles. The predicted molar refractivity (Wildman–Crippen MR) is 126 cm³/mol. The molecule has 1 amide bonds. The maximum absolute atomic E-state index is 13.9. The summed E-state index contributed by atoms with van der Waals surface area (Å²) in [5, 5.41) is 7.28. The van der Waals surface area contributed by atoms with Gasteiger partial charge in [0.2, 0.25) is 5.91 Å². The molecule has 31 heavy (non-hydrogen) atoms. The Bertz CT molecular complexity index is 759. The summed E-state index contributed by atoms with van der Waals surface area (Å²) >= 11 is 0. The van der Waals surface area contributed by atoms with Crippen LogP contribution in [0, 0.1) is 29.6 Å². The van der Waals surface area contributed by atoms with Gasteiger partial charge in [0.1, 0.15) is 5.54 Å². The highest BCUT2D eigenvalue weighted by atomic mass is 16.2. The van der Waals surface area contributed by atoms with Gasteiger partial charge >= 0.3 is 0 Å². The molecule has 0 spiro atoms. The van der Waals surface area contributed by atoms with Crippen LogP contribution in [0.25, 0.3) is 0 Å². The second kappa shape index (κ2) is 8.86. The van der Waals surface area contributed by atoms with Crippen LogP contribution in [-0.2, 0) is 11.2 Å². The SMILES string of the molecule is CC(C)CN1C[C@H]2C[C@]3(C(=O)NCC4CCCCC4)NC[C@H]2[C@@H]1[C@@H]3Cc1ccccc1. The van der Waals surface area contributed by atoms with E-state index in [4.69, 9.17) is 0 Å². The molecule has 4 nitrogen and oxygen atoms in total. The largest absolute Gasteiger partial charge is 0.354 e. The number of nitrogens with zero attached hydrogens (tertiary/aromatic N) is 1. The van der Waals surface area contributed by atoms with Gasteiger partial charge in [-0.05, 0) is 54.9 Å². The molecule has 6 rings (SSSR count). The first-order chi connectivity index (χ1) is 15.1. The fourth-order valence-electron chi connectivity index (χ4n) is 7.48. The monoisotopic (exact) mass is 423 g/mol. The van der Waals surface area contributed by atoms with Crippen LogP contribution in [0.1, 0.15) is 57.9 Å². The summed E-state index contributed by atoms with van der Waals surface area (Å²) in [5.41, 5.74) is 0.967. The minimum atomic E-state index is -0.402. The lowest BCUT2D eigenvalue weighted by Gasteiger charge is -2.56. The average Bonchev–Trinajstić information content (AvgIpc) is 3.08. The number of carbonyl (C=O) groups is 1. The van der Waals surface area contributed by atoms with Crippen molar-refractivity contribution in [2.75, 3.05) is 26.2 Å². The van der Waals surface area contributed by atoms with Gasteiger partial charge in [-0.1, -0.05) is 63.4 Å². The number of hydrogen-bond donors (Lipinski definition) is 2. The van der Waals surface area contributed by atoms with Gasteiger partial charge < -0.3 is 10.6 Å². The van der Waals surface area contributed by atoms with E-state index < -0.39 is 5.54 Å². The topological polar surface area (TPSA) is 44.4 Å². The zero-order valence-electron chi connectivity index (χ0n) is 19.5. The summed E-state index contributed by atoms with van der Waals surface area (Å²) in [7, 11) is 0. The van der Waals surface area contributed by atoms with E-state index in [2.05, 4.69) is 59.7 Å². The lowest BCUT2D eigenvalue weighted by atomic mass is 9.58. The normalized spacial score (nSPS) is 35.6. The zero-order valence-corrected chi connectivity index (χ0v) is 19.5. The smallest absolute Gasteiger partial charge is 0.240 e. The molecule has 1 aromatic carbocycles. The lowest BCUT2D eigenvalue weighted by Crippen LogP contribution is -2.74. The van der Waals surface area contributed by atoms with Gasteiger partial charge in [-0.25, -0.2) is 0 Å². The van der Waals surface area contributed by atoms with Crippen molar-refractivity contribution >= 4 is 5.91 Å². The van der Waals surface area contributed by atoms with Gasteiger partial charge in [0, 0.05) is 38.1 Å². The van der Waals surface area contributed by atoms with Crippen molar-refractivity contribution in [3.05, 3.63) is 35.9 Å². The van der Waals surface area contributed by atoms with E-state index in [1.807, 2.05) is 0 Å². The van der Waals surface area contributed by atoms with Crippen molar-refractivity contribution in [2.24, 2.45) is 29.6 Å². The van der Waals surface area contributed by atoms with Gasteiger partial charge in [0.05, 0.1) is 0 Å². The molecule has 3 aliphatic heterocycles. The molecule has 2 N–H and O–H groups in total. The summed E-state index contributed by atoms with van der Waals surface area (Å²) < 4.78 is 0. The van der Waals surface area contributed by atoms with Gasteiger partial charge in [-0.15, -0.1) is 0 Å². The fraction of sp³-hybridized carbons (Fsp3) is 0.741. The fourth-order valence-corrected chi connectivity index (χ4v) is 7.48. The van der Waals surface area contributed by atoms with Gasteiger partial charge in [-0.2, -0.15) is 0 Å². The Morgan fingerprint density at radius 2 is 1.97 bits per heavy atom. The minimum Gasteiger partial charge on any atom is -0.354 e. The Kier molecular flexibility index (Phi) is 6.13. The molecule has 0 unspecified atom stereocenters. The second-order valence-corrected chi connectivity index (χ2v) is 11.3. The number of piperidine rings is 2. The van der Waals surface area contributed by atoms with Crippen LogP contribution in [0.5, 0.6) is 0 Å². The van der Waals surface area contributed by atoms with Crippen LogP contribution in [-0.4, -0.2) is 48.6 Å². The van der Waals surface area contributed by atoms with Gasteiger partial charge in [-0.3, -0.25) is 9.69 Å². The number of nitrogens with one attached hydrogen (secondary N) is 2. The summed E-state index contributed by atoms with van der Waals surface area (Å²) in [6.45, 7) is 8.87. The first-order valence-electron chi connectivity index (χ1n) is 12.9. The number of hydrogen-bond acceptors (Lipinski definition) is 3. The molecule has 4 bridgehead atoms. The highest BCUT2D eigenvalue weighted by molar-refractivity contribution is 5.87. The second-order valence-electron chi connectivity index (χ2n) is 11.3. The molecule has 0 aromatic heterocycles. The minimum absolute atomic E-state index is 0.290. The molecule has 4 heteroatoms. The quantitative estimate of drug-likeness (QED) is 0.700. The third-order valence-corrected chi connectivity index (χ3v) is 8.80. The number of amides is 1. The van der Waals surface area contributed by atoms with Gasteiger partial charge in [0.15, 0.2) is 0 Å². The molecule has 0 radical (unpaired) electrons. The van der Waals surface area contributed by atoms with E-state index in [0.717, 1.165) is 32.5 Å². The lowest BCUT2D eigenvalue weighted by molar-refractivity contribution is -0.138. The van der Waals surface area contributed by atoms with Crippen molar-refractivity contribution < 1.29 is 4.79 Å². The maximum Gasteiger partial charge on any atom is 0.240 e. The van der Waals surface area contributed by atoms with Crippen LogP contribution in [0.4, 0.5) is 0 Å². The summed E-state index contributed by atoms with van der Waals surface area (Å²) in [4.78, 5) is 16.6. The highest BCUT2D eigenvalue weighted by Gasteiger charge is 2.64. The summed E-state index contributed by atoms with van der Waals surface area (Å²) in [6.07, 6.45) is 8.59. The molecule has 5 atom stereocenters. The van der Waals surface area contributed by atoms with Crippen molar-refractivity contribution in [3.63, 3.8) is 0 Å². The maximum atomic E-state index is 13.9. The van der Waals surface area contributed by atoms with E-state index in [1.165, 1.54) is 44.2 Å². The van der Waals surface area contributed by atoms with Crippen molar-refractivity contribution in [2.45, 2.75) is 70.4 Å². The van der Waals surface area contributed by atoms with Crippen LogP contribution in [0.2, 0.25) is 0 Å². The van der Waals surface area contributed by atoms with Crippen LogP contribution >= 0.6 is 0 Å². The number of benzene rings is 1. The molecule has 2 saturated carbocycles. The first kappa shape index (κ1) is 21.5. The molecule has 170 valence electrons. The van der Waals surface area contributed by atoms with E-state index >= 15 is 0 Å². The average molecular weight is 424 g/mol. The molecule has 1 aromatic rings. The zero-order chi connectivity index (χ0) is 21.4. The number of rotatable bonds is 7. The first-order valence-corrected chi connectivity index (χ1v) is 12.9. The molecule has 5 aliphatic rings. The van der Waals surface area contributed by atoms with E-state index in [-0.39, 0.29) is 0 Å². The van der Waals surface area contributed by atoms with Gasteiger partial charge in [0.25, 0.3) is 0 Å². The Labute approximate surface area is 188 Å². The molecular weight excluding hydrogens is 382 g/mol. The molecule has 3 saturated heterocycles. The van der Waals surface area contributed by atoms with Crippen LogP contribution in [0.3, 0.4) is 0 Å². The molecule has 3 heterocycles. The van der Waals surface area contributed by atoms with Crippen molar-refractivity contribution in [1.82, 2.24) is 15.5 Å². The van der Waals surface area contributed by atoms with Crippen LogP contribution < -0.4 is 10.6 Å². The van der Waals surface area contributed by atoms with Crippen molar-refractivity contribution in [3.8, 4) is 0 Å². The highest BCUT2D eigenvalue weighted by Crippen LogP contribution is 2.53. The third kappa shape index (κ3) is 4.06. The third-order valence-electron chi connectivity index (χ3n) is 8.80. The Morgan fingerprint density at radius 1 is 1.19 bits per heavy atom. The van der Waals surface area contributed by atoms with Crippen LogP contribution in [0.15, 0.2) is 30.3 Å². The Morgan fingerprint density at radius 3 is 2.71 bits per heavy atom. The van der Waals surface area contributed by atoms with E-state index in [0.29, 0.717) is 41.5 Å². The number of carbonyl (C=O) groups excluding carboxylic acids is 1. The standard InChI is InChI=1S/C27H41N3O/c1-19(2)17-30-18-22-14-27(26(31)28-15-21-11-7-4-8-12-21)24(25(30)23(22)16-29-27)13-20-9-5-3-6-10-20/h3,5-6,9-10,19,21-25,29H,4,7-8,11-18H2,1-2H3,(H,28,31)/t22-,23-,24+,25-,27+/m1/s1. The van der Waals surface area contributed by atoms with E-state index in [1.54, 1.807) is 0 Å². The van der Waals surface area contributed by atoms with E-state index in [9.17, 15) is 4.79 Å².